The molecule has 10 aliphatic heterocycles. The third kappa shape index (κ3) is 19.1. The number of carbonyl (C=O) groups is 5. The minimum Gasteiger partial charge on any atom is -0.327 e. The predicted molar refractivity (Wildman–Crippen MR) is 472 cm³/mol. The van der Waals surface area contributed by atoms with Gasteiger partial charge in [0, 0.05) is 106 Å². The number of hydrogen-bond donors (Lipinski definition) is 0. The molecule has 0 spiro atoms. The van der Waals surface area contributed by atoms with Crippen LogP contribution in [0.2, 0.25) is 10.0 Å². The Balaban J connectivity index is 0.000000121. The number of alkyl halides is 5. The van der Waals surface area contributed by atoms with Crippen molar-refractivity contribution in [1.29, 1.82) is 0 Å². The van der Waals surface area contributed by atoms with Crippen LogP contribution in [0.25, 0.3) is 0 Å². The number of benzene rings is 5. The highest BCUT2D eigenvalue weighted by Crippen LogP contribution is 2.35. The normalized spacial score (nSPS) is 19.2. The predicted octanol–water partition coefficient (Wildman–Crippen LogP) is 12.0. The van der Waals surface area contributed by atoms with E-state index in [1.807, 2.05) is 62.2 Å². The molecular weight excluding hydrogens is 1790 g/mol. The van der Waals surface area contributed by atoms with E-state index in [0.717, 1.165) is 82.4 Å². The van der Waals surface area contributed by atoms with Crippen molar-refractivity contribution in [1.82, 2.24) is 98.3 Å². The Kier molecular flexibility index (Phi) is 26.8. The summed E-state index contributed by atoms with van der Waals surface area (Å²) in [6, 6.07) is 25.2. The first-order valence-corrected chi connectivity index (χ1v) is 43.2. The summed E-state index contributed by atoms with van der Waals surface area (Å²) in [7, 11) is 0. The van der Waals surface area contributed by atoms with Crippen LogP contribution in [0.5, 0.6) is 0 Å². The van der Waals surface area contributed by atoms with Crippen molar-refractivity contribution in [3.8, 4) is 0 Å². The number of amidine groups is 5. The first-order valence-electron chi connectivity index (χ1n) is 42.4. The molecule has 10 aromatic rings. The summed E-state index contributed by atoms with van der Waals surface area (Å²) in [4.78, 5) is 113. The fourth-order valence-electron chi connectivity index (χ4n) is 16.4. The van der Waals surface area contributed by atoms with Gasteiger partial charge < -0.3 is 47.3 Å². The van der Waals surface area contributed by atoms with Crippen LogP contribution in [-0.4, -0.2) is 264 Å². The topological polar surface area (TPSA) is 379 Å². The lowest BCUT2D eigenvalue weighted by Gasteiger charge is -2.33. The number of halogens is 11. The molecular formula is C87H83Cl2F9N30O5. The molecule has 0 N–H and O–H groups in total. The van der Waals surface area contributed by atoms with Gasteiger partial charge in [-0.25, -0.2) is 51.3 Å². The van der Waals surface area contributed by atoms with Crippen LogP contribution in [0.3, 0.4) is 0 Å². The Morgan fingerprint density at radius 1 is 0.346 bits per heavy atom. The van der Waals surface area contributed by atoms with E-state index >= 15 is 0 Å². The van der Waals surface area contributed by atoms with Gasteiger partial charge in [0.25, 0.3) is 36.0 Å². The van der Waals surface area contributed by atoms with Gasteiger partial charge in [0.15, 0.2) is 64.1 Å². The third-order valence-corrected chi connectivity index (χ3v) is 24.2. The zero-order chi connectivity index (χ0) is 94.1. The molecule has 15 heterocycles. The molecule has 35 nitrogen and oxygen atoms in total. The highest BCUT2D eigenvalue weighted by Gasteiger charge is 2.43. The SMILES string of the molecule is CC1=NCC(c2nnc3n2CCN(C(=O)c2ccc(Cl)c(Cl)c2)[C@@H]3C)=N1.CCC1=NCC(c2nnc3n2CCN(C(=O)c2ccc(F)cc2)C3C)=N1.CCC1=NCC(c2nnc3n2CCN(C(=O)c2ccc(F)cc2)C3C)=N1.C[C@@H]1c2nnc(C3=NC(C(F)(F)F)=NC3)n2CCN1C(=O)c1ccc(F)cc1.C[C@@H]1c2nnc(C3=NC(C(F)F)=NC3)n2CCN1C(=O)c1ccc(F)cc1. The van der Waals surface area contributed by atoms with Crippen LogP contribution in [0, 0.1) is 23.3 Å². The van der Waals surface area contributed by atoms with E-state index in [1.165, 1.54) is 97.1 Å². The van der Waals surface area contributed by atoms with Gasteiger partial charge in [-0.3, -0.25) is 48.9 Å². The van der Waals surface area contributed by atoms with E-state index in [2.05, 4.69) is 101 Å². The molecule has 5 amide bonds. The summed E-state index contributed by atoms with van der Waals surface area (Å²) >= 11 is 12.0. The van der Waals surface area contributed by atoms with Crippen LogP contribution >= 0.6 is 23.2 Å². The minimum absolute atomic E-state index is 0.0322. The Bertz CT molecular complexity index is 6400. The van der Waals surface area contributed by atoms with Crippen LogP contribution in [0.1, 0.15) is 208 Å². The van der Waals surface area contributed by atoms with Crippen molar-refractivity contribution >= 4 is 110 Å². The molecule has 5 atom stereocenters. The molecule has 0 bridgehead atoms. The average molecular weight is 1870 g/mol. The van der Waals surface area contributed by atoms with Gasteiger partial charge in [0.2, 0.25) is 5.84 Å². The summed E-state index contributed by atoms with van der Waals surface area (Å²) in [5.74, 6) is 4.24. The van der Waals surface area contributed by atoms with E-state index in [0.29, 0.717) is 146 Å². The minimum atomic E-state index is -4.61. The largest absolute Gasteiger partial charge is 0.451 e. The van der Waals surface area contributed by atoms with Crippen LogP contribution < -0.4 is 0 Å². The average Bonchev–Trinajstić information content (AvgIpc) is 1.66. The second kappa shape index (κ2) is 38.7. The number of hydrogen-bond acceptors (Lipinski definition) is 25. The summed E-state index contributed by atoms with van der Waals surface area (Å²) < 4.78 is 126. The van der Waals surface area contributed by atoms with Gasteiger partial charge in [-0.1, -0.05) is 37.0 Å². The lowest BCUT2D eigenvalue weighted by atomic mass is 10.1. The highest BCUT2D eigenvalue weighted by atomic mass is 35.5. The zero-order valence-corrected chi connectivity index (χ0v) is 74.1. The monoisotopic (exact) mass is 1870 g/mol. The molecule has 20 rings (SSSR count). The first kappa shape index (κ1) is 92.1. The number of aliphatic imine (C=N–C) groups is 10. The van der Waals surface area contributed by atoms with Crippen LogP contribution in [0.15, 0.2) is 165 Å². The van der Waals surface area contributed by atoms with Gasteiger partial charge in [0.05, 0.1) is 73.0 Å². The summed E-state index contributed by atoms with van der Waals surface area (Å²) in [6.45, 7) is 21.4. The van der Waals surface area contributed by atoms with E-state index in [1.54, 1.807) is 58.8 Å². The van der Waals surface area contributed by atoms with Crippen molar-refractivity contribution in [2.24, 2.45) is 49.9 Å². The van der Waals surface area contributed by atoms with Crippen LogP contribution in [-0.2, 0) is 32.7 Å². The molecule has 688 valence electrons. The Morgan fingerprint density at radius 3 is 0.880 bits per heavy atom. The second-order valence-corrected chi connectivity index (χ2v) is 32.5. The fraction of sp³-hybridized carbons (Fsp3) is 0.368. The van der Waals surface area contributed by atoms with Gasteiger partial charge >= 0.3 is 6.18 Å². The molecule has 46 heteroatoms. The van der Waals surface area contributed by atoms with E-state index < -0.39 is 41.9 Å². The molecule has 5 aromatic carbocycles. The lowest BCUT2D eigenvalue weighted by Crippen LogP contribution is -2.41. The fourth-order valence-corrected chi connectivity index (χ4v) is 16.7. The molecule has 10 aliphatic rings. The quantitative estimate of drug-likeness (QED) is 0.0968. The maximum absolute atomic E-state index is 13.1. The molecule has 0 fully saturated rings. The number of carbonyl (C=O) groups excluding carboxylic acids is 5. The maximum Gasteiger partial charge on any atom is 0.451 e. The summed E-state index contributed by atoms with van der Waals surface area (Å²) in [6.07, 6.45) is -5.76. The van der Waals surface area contributed by atoms with Crippen molar-refractivity contribution in [2.75, 3.05) is 65.4 Å². The number of nitrogens with zero attached hydrogens (tertiary/aromatic N) is 30. The Labute approximate surface area is 762 Å². The smallest absolute Gasteiger partial charge is 0.327 e. The molecule has 133 heavy (non-hydrogen) atoms. The number of aromatic nitrogens is 15. The zero-order valence-electron chi connectivity index (χ0n) is 72.6. The summed E-state index contributed by atoms with van der Waals surface area (Å²) in [5.41, 5.74) is 5.06. The van der Waals surface area contributed by atoms with E-state index in [4.69, 9.17) is 23.2 Å². The molecule has 5 aromatic heterocycles. The second-order valence-electron chi connectivity index (χ2n) is 31.6. The van der Waals surface area contributed by atoms with Gasteiger partial charge in [0.1, 0.15) is 69.3 Å². The van der Waals surface area contributed by atoms with Crippen molar-refractivity contribution in [3.63, 3.8) is 0 Å². The lowest BCUT2D eigenvalue weighted by molar-refractivity contribution is -0.0596. The summed E-state index contributed by atoms with van der Waals surface area (Å²) in [5, 5.41) is 42.8. The van der Waals surface area contributed by atoms with E-state index in [-0.39, 0.29) is 90.0 Å². The third-order valence-electron chi connectivity index (χ3n) is 23.5. The van der Waals surface area contributed by atoms with Crippen LogP contribution in [0.4, 0.5) is 39.5 Å². The van der Waals surface area contributed by atoms with Crippen molar-refractivity contribution < 1.29 is 63.5 Å². The molecule has 0 saturated heterocycles. The van der Waals surface area contributed by atoms with Gasteiger partial charge in [-0.2, -0.15) is 13.2 Å². The number of amides is 5. The van der Waals surface area contributed by atoms with Gasteiger partial charge in [-0.05, 0) is 157 Å². The number of rotatable bonds is 13. The standard InChI is InChI=1S/2C18H19FN6O.C17H16Cl2N6O.C17H14F4N6O.C17H15F3N6O/c2*1-3-15-20-10-14(21-15)17-23-22-16-11(2)24(8-9-25(16)17)18(26)12-4-6-13(19)7-5-12;1-9-15-22-23-16(14-8-20-10(2)21-14)25(15)6-5-24(9)17(26)11-3-4-12(18)13(19)7-11;1-9-13-24-25-14(12-8-22-16(23-12)17(19,20)21)27(13)7-6-26(9)15(28)10-2-4-11(18)5-3-10;1-9-15-23-24-16(12-8-21-14(22-12)13(19)20)26(15)7-6-25(9)17(27)10-2-4-11(18)5-3-10/h2*4-7,11H,3,8-10H2,1-2H3;3-4,7,9H,5-6,8H2,1-2H3;2-5,9H,6-8H2,1H3;2-5,9,13H,6-8H2,1H3/t;;3*9-/m..111/s1. The van der Waals surface area contributed by atoms with Crippen molar-refractivity contribution in [3.05, 3.63) is 235 Å². The first-order chi connectivity index (χ1) is 63.8. The highest BCUT2D eigenvalue weighted by molar-refractivity contribution is 6.42. The van der Waals surface area contributed by atoms with Crippen molar-refractivity contribution in [2.45, 2.75) is 144 Å². The molecule has 2 unspecified atom stereocenters. The number of fused-ring (bicyclic) bond motifs is 5. The molecule has 0 radical (unpaired) electrons. The molecule has 0 aliphatic carbocycles. The van der Waals surface area contributed by atoms with Gasteiger partial charge in [-0.15, -0.1) is 51.0 Å². The maximum atomic E-state index is 13.1. The van der Waals surface area contributed by atoms with E-state index in [9.17, 15) is 63.5 Å². The Morgan fingerprint density at radius 2 is 0.617 bits per heavy atom. The Hall–Kier alpha value is -14.2. The molecule has 0 saturated carbocycles.